The monoisotopic (exact) mass is 302 g/mol. The topological polar surface area (TPSA) is 41.6 Å². The maximum absolute atomic E-state index is 12.6. The van der Waals surface area contributed by atoms with Crippen LogP contribution in [0, 0.1) is 11.8 Å². The van der Waals surface area contributed by atoms with E-state index in [4.69, 9.17) is 4.74 Å². The molecule has 1 N–H and O–H groups in total. The maximum atomic E-state index is 12.6. The number of likely N-dealkylation sites (tertiary alicyclic amines) is 1. The molecule has 2 amide bonds. The number of benzene rings is 1. The number of rotatable bonds is 4. The van der Waals surface area contributed by atoms with Crippen LogP contribution in [0.1, 0.15) is 44.7 Å². The number of ether oxygens (including phenoxy) is 1. The first-order valence-corrected chi connectivity index (χ1v) is 8.31. The molecule has 1 aliphatic carbocycles. The Morgan fingerprint density at radius 3 is 2.41 bits per heavy atom. The first kappa shape index (κ1) is 15.2. The van der Waals surface area contributed by atoms with Gasteiger partial charge >= 0.3 is 6.03 Å². The molecule has 0 spiro atoms. The van der Waals surface area contributed by atoms with Gasteiger partial charge in [-0.2, -0.15) is 0 Å². The molecular formula is C18H26N2O2. The highest BCUT2D eigenvalue weighted by Gasteiger charge is 2.37. The van der Waals surface area contributed by atoms with Gasteiger partial charge in [-0.15, -0.1) is 0 Å². The molecule has 2 aliphatic rings. The molecule has 1 aliphatic heterocycles. The molecule has 4 heteroatoms. The van der Waals surface area contributed by atoms with E-state index in [9.17, 15) is 4.79 Å². The van der Waals surface area contributed by atoms with E-state index in [1.54, 1.807) is 7.11 Å². The molecule has 0 unspecified atom stereocenters. The van der Waals surface area contributed by atoms with Gasteiger partial charge in [-0.3, -0.25) is 0 Å². The third kappa shape index (κ3) is 3.06. The summed E-state index contributed by atoms with van der Waals surface area (Å²) in [6, 6.07) is 8.62. The van der Waals surface area contributed by atoms with Gasteiger partial charge in [-0.25, -0.2) is 4.79 Å². The van der Waals surface area contributed by atoms with Crippen LogP contribution in [0.4, 0.5) is 4.79 Å². The summed E-state index contributed by atoms with van der Waals surface area (Å²) in [5, 5.41) is 3.27. The molecule has 2 fully saturated rings. The molecule has 1 aromatic carbocycles. The second kappa shape index (κ2) is 6.19. The van der Waals surface area contributed by atoms with Crippen LogP contribution in [0.25, 0.3) is 0 Å². The van der Waals surface area contributed by atoms with E-state index in [2.05, 4.69) is 31.3 Å². The normalized spacial score (nSPS) is 25.9. The van der Waals surface area contributed by atoms with Gasteiger partial charge < -0.3 is 15.0 Å². The Morgan fingerprint density at radius 1 is 1.23 bits per heavy atom. The third-order valence-electron chi connectivity index (χ3n) is 5.25. The average molecular weight is 302 g/mol. The van der Waals surface area contributed by atoms with Crippen LogP contribution in [0.15, 0.2) is 24.3 Å². The molecule has 22 heavy (non-hydrogen) atoms. The van der Waals surface area contributed by atoms with Crippen molar-refractivity contribution in [2.24, 2.45) is 11.8 Å². The minimum atomic E-state index is 0.0876. The van der Waals surface area contributed by atoms with Gasteiger partial charge in [-0.05, 0) is 55.7 Å². The fourth-order valence-corrected chi connectivity index (χ4v) is 3.31. The largest absolute Gasteiger partial charge is 0.497 e. The van der Waals surface area contributed by atoms with E-state index in [1.807, 2.05) is 17.0 Å². The highest BCUT2D eigenvalue weighted by Crippen LogP contribution is 2.41. The first-order chi connectivity index (χ1) is 10.6. The number of nitrogens with one attached hydrogen (secondary N) is 1. The van der Waals surface area contributed by atoms with E-state index >= 15 is 0 Å². The standard InChI is InChI=1S/C18H26N2O2/c1-12-10-11-20(13(12)2)18(21)19-17(14-4-5-14)15-6-8-16(22-3)9-7-15/h6-9,12-14,17H,4-5,10-11H2,1-3H3,(H,19,21)/t12-,13-,17+/m0/s1. The van der Waals surface area contributed by atoms with E-state index in [1.165, 1.54) is 18.4 Å². The summed E-state index contributed by atoms with van der Waals surface area (Å²) in [6.45, 7) is 5.24. The molecule has 120 valence electrons. The second-order valence-electron chi connectivity index (χ2n) is 6.74. The van der Waals surface area contributed by atoms with Crippen LogP contribution in [-0.2, 0) is 0 Å². The fraction of sp³-hybridized carbons (Fsp3) is 0.611. The van der Waals surface area contributed by atoms with Crippen molar-refractivity contribution in [2.75, 3.05) is 13.7 Å². The van der Waals surface area contributed by atoms with Crippen LogP contribution in [0.3, 0.4) is 0 Å². The SMILES string of the molecule is COc1ccc([C@H](NC(=O)N2CC[C@H](C)[C@@H]2C)C2CC2)cc1. The number of hydrogen-bond acceptors (Lipinski definition) is 2. The van der Waals surface area contributed by atoms with Crippen molar-refractivity contribution in [1.82, 2.24) is 10.2 Å². The molecule has 4 nitrogen and oxygen atoms in total. The van der Waals surface area contributed by atoms with Crippen LogP contribution in [-0.4, -0.2) is 30.6 Å². The van der Waals surface area contributed by atoms with Crippen molar-refractivity contribution < 1.29 is 9.53 Å². The molecule has 1 aromatic rings. The summed E-state index contributed by atoms with van der Waals surface area (Å²) in [6.07, 6.45) is 3.50. The van der Waals surface area contributed by atoms with Crippen molar-refractivity contribution in [3.8, 4) is 5.75 Å². The lowest BCUT2D eigenvalue weighted by Crippen LogP contribution is -2.44. The van der Waals surface area contributed by atoms with Gasteiger partial charge in [0.15, 0.2) is 0 Å². The molecule has 1 heterocycles. The van der Waals surface area contributed by atoms with Crippen molar-refractivity contribution in [3.63, 3.8) is 0 Å². The van der Waals surface area contributed by atoms with Crippen molar-refractivity contribution >= 4 is 6.03 Å². The lowest BCUT2D eigenvalue weighted by atomic mass is 10.0. The van der Waals surface area contributed by atoms with Gasteiger partial charge in [0.1, 0.15) is 5.75 Å². The molecule has 1 saturated heterocycles. The van der Waals surface area contributed by atoms with E-state index in [0.717, 1.165) is 18.7 Å². The van der Waals surface area contributed by atoms with Crippen LogP contribution < -0.4 is 10.1 Å². The van der Waals surface area contributed by atoms with Crippen LogP contribution in [0.2, 0.25) is 0 Å². The number of carbonyl (C=O) groups excluding carboxylic acids is 1. The molecule has 0 aromatic heterocycles. The molecule has 3 atom stereocenters. The Kier molecular flexibility index (Phi) is 4.27. The summed E-state index contributed by atoms with van der Waals surface area (Å²) >= 11 is 0. The van der Waals surface area contributed by atoms with Gasteiger partial charge in [0.05, 0.1) is 13.2 Å². The molecule has 0 bridgehead atoms. The molecule has 1 saturated carbocycles. The number of carbonyl (C=O) groups is 1. The Hall–Kier alpha value is -1.71. The van der Waals surface area contributed by atoms with Gasteiger partial charge in [0.25, 0.3) is 0 Å². The second-order valence-corrected chi connectivity index (χ2v) is 6.74. The number of methoxy groups -OCH3 is 1. The van der Waals surface area contributed by atoms with Gasteiger partial charge in [-0.1, -0.05) is 19.1 Å². The molecule has 3 rings (SSSR count). The predicted octanol–water partition coefficient (Wildman–Crippen LogP) is 3.59. The summed E-state index contributed by atoms with van der Waals surface area (Å²) in [5.41, 5.74) is 1.18. The highest BCUT2D eigenvalue weighted by atomic mass is 16.5. The quantitative estimate of drug-likeness (QED) is 0.923. The molecular weight excluding hydrogens is 276 g/mol. The summed E-state index contributed by atoms with van der Waals surface area (Å²) in [4.78, 5) is 14.6. The summed E-state index contributed by atoms with van der Waals surface area (Å²) in [5.74, 6) is 2.02. The zero-order chi connectivity index (χ0) is 15.7. The minimum Gasteiger partial charge on any atom is -0.497 e. The average Bonchev–Trinajstić information content (AvgIpc) is 3.32. The van der Waals surface area contributed by atoms with Crippen molar-refractivity contribution in [3.05, 3.63) is 29.8 Å². The Bertz CT molecular complexity index is 524. The Morgan fingerprint density at radius 2 is 1.91 bits per heavy atom. The van der Waals surface area contributed by atoms with Crippen LogP contribution in [0.5, 0.6) is 5.75 Å². The fourth-order valence-electron chi connectivity index (χ4n) is 3.31. The molecule has 0 radical (unpaired) electrons. The number of urea groups is 1. The zero-order valence-electron chi connectivity index (χ0n) is 13.7. The summed E-state index contributed by atoms with van der Waals surface area (Å²) < 4.78 is 5.22. The Balaban J connectivity index is 1.70. The van der Waals surface area contributed by atoms with Crippen molar-refractivity contribution in [1.29, 1.82) is 0 Å². The lowest BCUT2D eigenvalue weighted by molar-refractivity contribution is 0.186. The predicted molar refractivity (Wildman–Crippen MR) is 86.9 cm³/mol. The number of hydrogen-bond donors (Lipinski definition) is 1. The van der Waals surface area contributed by atoms with Gasteiger partial charge in [0, 0.05) is 12.6 Å². The lowest BCUT2D eigenvalue weighted by Gasteiger charge is -2.27. The maximum Gasteiger partial charge on any atom is 0.318 e. The zero-order valence-corrected chi connectivity index (χ0v) is 13.7. The van der Waals surface area contributed by atoms with Gasteiger partial charge in [0.2, 0.25) is 0 Å². The van der Waals surface area contributed by atoms with E-state index in [0.29, 0.717) is 17.9 Å². The number of nitrogens with zero attached hydrogens (tertiary/aromatic N) is 1. The highest BCUT2D eigenvalue weighted by molar-refractivity contribution is 5.75. The van der Waals surface area contributed by atoms with Crippen LogP contribution >= 0.6 is 0 Å². The Labute approximate surface area is 132 Å². The first-order valence-electron chi connectivity index (χ1n) is 8.31. The third-order valence-corrected chi connectivity index (χ3v) is 5.25. The smallest absolute Gasteiger partial charge is 0.318 e. The van der Waals surface area contributed by atoms with E-state index in [-0.39, 0.29) is 12.1 Å². The van der Waals surface area contributed by atoms with E-state index < -0.39 is 0 Å². The number of amides is 2. The minimum absolute atomic E-state index is 0.0876. The van der Waals surface area contributed by atoms with Crippen molar-refractivity contribution in [2.45, 2.75) is 45.2 Å². The summed E-state index contributed by atoms with van der Waals surface area (Å²) in [7, 11) is 1.67.